The Morgan fingerprint density at radius 2 is 1.62 bits per heavy atom. The number of morpholine rings is 1. The highest BCUT2D eigenvalue weighted by molar-refractivity contribution is 7.90. The van der Waals surface area contributed by atoms with Crippen molar-refractivity contribution in [3.05, 3.63) is 66.0 Å². The molecule has 2 aromatic rings. The normalized spacial score (nSPS) is 21.7. The molecule has 1 fully saturated rings. The lowest BCUT2D eigenvalue weighted by Gasteiger charge is -2.37. The van der Waals surface area contributed by atoms with Crippen molar-refractivity contribution in [1.82, 2.24) is 4.90 Å². The third-order valence-electron chi connectivity index (χ3n) is 4.07. The Balaban J connectivity index is 2.05. The lowest BCUT2D eigenvalue weighted by atomic mass is 10.1. The highest BCUT2D eigenvalue weighted by Crippen LogP contribution is 2.19. The number of hydrogen-bond acceptors (Lipinski definition) is 3. The topological polar surface area (TPSA) is 59.0 Å². The van der Waals surface area contributed by atoms with Gasteiger partial charge in [0.1, 0.15) is 11.7 Å². The molecule has 2 aromatic carbocycles. The van der Waals surface area contributed by atoms with Crippen molar-refractivity contribution in [2.24, 2.45) is 4.40 Å². The van der Waals surface area contributed by atoms with Gasteiger partial charge < -0.3 is 9.64 Å². The Morgan fingerprint density at radius 1 is 1.04 bits per heavy atom. The Labute approximate surface area is 153 Å². The number of hydrogen-bond donors (Lipinski definition) is 0. The number of ether oxygens (including phenoxy) is 1. The first kappa shape index (κ1) is 18.5. The Morgan fingerprint density at radius 3 is 2.19 bits per heavy atom. The van der Waals surface area contributed by atoms with E-state index in [1.807, 2.05) is 49.1 Å². The van der Waals surface area contributed by atoms with Crippen LogP contribution in [0.1, 0.15) is 19.4 Å². The first-order valence-corrected chi connectivity index (χ1v) is 9.85. The van der Waals surface area contributed by atoms with E-state index in [4.69, 9.17) is 4.74 Å². The zero-order valence-corrected chi connectivity index (χ0v) is 15.5. The Hall–Kier alpha value is -2.25. The second-order valence-electron chi connectivity index (χ2n) is 6.37. The van der Waals surface area contributed by atoms with Crippen LogP contribution in [0.4, 0.5) is 4.39 Å². The Kier molecular flexibility index (Phi) is 5.38. The summed E-state index contributed by atoms with van der Waals surface area (Å²) in [5, 5.41) is 0. The van der Waals surface area contributed by atoms with Crippen LogP contribution in [0.25, 0.3) is 0 Å². The molecule has 0 radical (unpaired) electrons. The molecule has 0 aliphatic carbocycles. The molecule has 1 aliphatic heterocycles. The zero-order valence-electron chi connectivity index (χ0n) is 14.7. The van der Waals surface area contributed by atoms with Gasteiger partial charge in [-0.2, -0.15) is 8.42 Å². The average molecular weight is 376 g/mol. The number of halogens is 1. The van der Waals surface area contributed by atoms with Gasteiger partial charge in [-0.05, 0) is 38.1 Å². The highest BCUT2D eigenvalue weighted by atomic mass is 32.2. The first-order valence-electron chi connectivity index (χ1n) is 8.41. The lowest BCUT2D eigenvalue weighted by Crippen LogP contribution is -2.48. The summed E-state index contributed by atoms with van der Waals surface area (Å²) < 4.78 is 48.5. The number of sulfonamides is 1. The van der Waals surface area contributed by atoms with Gasteiger partial charge >= 0.3 is 0 Å². The van der Waals surface area contributed by atoms with Gasteiger partial charge in [0.25, 0.3) is 10.0 Å². The number of rotatable bonds is 3. The predicted molar refractivity (Wildman–Crippen MR) is 98.1 cm³/mol. The summed E-state index contributed by atoms with van der Waals surface area (Å²) in [6.45, 7) is 4.97. The van der Waals surface area contributed by atoms with E-state index in [0.717, 1.165) is 12.1 Å². The van der Waals surface area contributed by atoms with E-state index in [9.17, 15) is 12.8 Å². The molecule has 26 heavy (non-hydrogen) atoms. The van der Waals surface area contributed by atoms with E-state index in [1.54, 1.807) is 0 Å². The molecule has 2 atom stereocenters. The second-order valence-corrected chi connectivity index (χ2v) is 7.98. The van der Waals surface area contributed by atoms with Crippen molar-refractivity contribution in [2.45, 2.75) is 31.0 Å². The van der Waals surface area contributed by atoms with E-state index in [2.05, 4.69) is 4.40 Å². The van der Waals surface area contributed by atoms with Crippen molar-refractivity contribution in [1.29, 1.82) is 0 Å². The van der Waals surface area contributed by atoms with Gasteiger partial charge in [0, 0.05) is 18.7 Å². The molecule has 0 aromatic heterocycles. The number of nitrogens with zero attached hydrogens (tertiary/aromatic N) is 2. The molecule has 1 saturated heterocycles. The smallest absolute Gasteiger partial charge is 0.284 e. The van der Waals surface area contributed by atoms with E-state index < -0.39 is 15.8 Å². The van der Waals surface area contributed by atoms with Crippen LogP contribution >= 0.6 is 0 Å². The fourth-order valence-corrected chi connectivity index (χ4v) is 4.04. The fourth-order valence-electron chi connectivity index (χ4n) is 3.00. The second kappa shape index (κ2) is 7.55. The average Bonchev–Trinajstić information content (AvgIpc) is 2.60. The van der Waals surface area contributed by atoms with E-state index in [-0.39, 0.29) is 17.1 Å². The highest BCUT2D eigenvalue weighted by Gasteiger charge is 2.27. The van der Waals surface area contributed by atoms with Crippen molar-refractivity contribution < 1.29 is 17.5 Å². The summed E-state index contributed by atoms with van der Waals surface area (Å²) in [4.78, 5) is 1.89. The summed E-state index contributed by atoms with van der Waals surface area (Å²) in [6, 6.07) is 13.9. The van der Waals surface area contributed by atoms with Crippen LogP contribution in [0.3, 0.4) is 0 Å². The van der Waals surface area contributed by atoms with Crippen LogP contribution in [0.15, 0.2) is 63.9 Å². The van der Waals surface area contributed by atoms with Gasteiger partial charge in [-0.15, -0.1) is 4.40 Å². The Bertz CT molecular complexity index is 873. The molecule has 1 heterocycles. The van der Waals surface area contributed by atoms with Crippen molar-refractivity contribution in [3.63, 3.8) is 0 Å². The van der Waals surface area contributed by atoms with Crippen LogP contribution in [0.2, 0.25) is 0 Å². The molecule has 0 spiro atoms. The van der Waals surface area contributed by atoms with Crippen LogP contribution in [0, 0.1) is 5.82 Å². The molecular formula is C19H21FN2O3S. The molecular weight excluding hydrogens is 355 g/mol. The monoisotopic (exact) mass is 376 g/mol. The van der Waals surface area contributed by atoms with Crippen LogP contribution in [-0.2, 0) is 14.8 Å². The SMILES string of the molecule is C[C@@H]1CN(C(=NS(=O)(=O)c2ccc(F)cc2)c2ccccc2)C[C@@H](C)O1. The molecule has 0 amide bonds. The quantitative estimate of drug-likeness (QED) is 0.610. The molecule has 5 nitrogen and oxygen atoms in total. The van der Waals surface area contributed by atoms with Gasteiger partial charge in [0.05, 0.1) is 17.1 Å². The third-order valence-corrected chi connectivity index (χ3v) is 5.35. The molecule has 1 aliphatic rings. The minimum absolute atomic E-state index is 0.0401. The van der Waals surface area contributed by atoms with E-state index in [1.165, 1.54) is 12.1 Å². The third kappa shape index (κ3) is 4.28. The molecule has 0 bridgehead atoms. The molecule has 138 valence electrons. The van der Waals surface area contributed by atoms with Gasteiger partial charge in [0.2, 0.25) is 0 Å². The first-order chi connectivity index (χ1) is 12.3. The molecule has 7 heteroatoms. The lowest BCUT2D eigenvalue weighted by molar-refractivity contribution is -0.0478. The largest absolute Gasteiger partial charge is 0.372 e. The molecule has 3 rings (SSSR count). The van der Waals surface area contributed by atoms with Crippen molar-refractivity contribution in [3.8, 4) is 0 Å². The standard InChI is InChI=1S/C19H21FN2O3S/c1-14-12-22(13-15(2)25-14)19(16-6-4-3-5-7-16)21-26(23,24)18-10-8-17(20)9-11-18/h3-11,14-15H,12-13H2,1-2H3/t14-,15-/m1/s1. The van der Waals surface area contributed by atoms with Crippen molar-refractivity contribution in [2.75, 3.05) is 13.1 Å². The molecule has 0 unspecified atom stereocenters. The van der Waals surface area contributed by atoms with Gasteiger partial charge in [-0.25, -0.2) is 4.39 Å². The maximum atomic E-state index is 13.1. The summed E-state index contributed by atoms with van der Waals surface area (Å²) in [6.07, 6.45) is -0.0811. The van der Waals surface area contributed by atoms with Gasteiger partial charge in [-0.1, -0.05) is 30.3 Å². The summed E-state index contributed by atoms with van der Waals surface area (Å²) in [5.41, 5.74) is 0.708. The maximum Gasteiger partial charge on any atom is 0.284 e. The number of amidine groups is 1. The maximum absolute atomic E-state index is 13.1. The number of benzene rings is 2. The summed E-state index contributed by atoms with van der Waals surface area (Å²) >= 11 is 0. The van der Waals surface area contributed by atoms with Gasteiger partial charge in [0.15, 0.2) is 0 Å². The van der Waals surface area contributed by atoms with E-state index in [0.29, 0.717) is 24.5 Å². The summed E-state index contributed by atoms with van der Waals surface area (Å²) in [5.74, 6) is -0.121. The fraction of sp³-hybridized carbons (Fsp3) is 0.316. The van der Waals surface area contributed by atoms with Crippen LogP contribution in [0.5, 0.6) is 0 Å². The molecule has 0 N–H and O–H groups in total. The molecule has 0 saturated carbocycles. The van der Waals surface area contributed by atoms with Crippen LogP contribution < -0.4 is 0 Å². The van der Waals surface area contributed by atoms with Crippen LogP contribution in [-0.4, -0.2) is 44.5 Å². The summed E-state index contributed by atoms with van der Waals surface area (Å²) in [7, 11) is -3.97. The van der Waals surface area contributed by atoms with E-state index >= 15 is 0 Å². The van der Waals surface area contributed by atoms with Gasteiger partial charge in [-0.3, -0.25) is 0 Å². The minimum atomic E-state index is -3.97. The minimum Gasteiger partial charge on any atom is -0.372 e. The zero-order chi connectivity index (χ0) is 18.7. The van der Waals surface area contributed by atoms with Crippen molar-refractivity contribution >= 4 is 15.9 Å². The predicted octanol–water partition coefficient (Wildman–Crippen LogP) is 3.07.